The van der Waals surface area contributed by atoms with Crippen molar-refractivity contribution in [3.05, 3.63) is 48.3 Å². The second kappa shape index (κ2) is 8.66. The van der Waals surface area contributed by atoms with Gasteiger partial charge in [-0.3, -0.25) is 14.5 Å². The van der Waals surface area contributed by atoms with E-state index in [1.165, 1.54) is 36.5 Å². The number of aromatic nitrogens is 1. The molecule has 26 heavy (non-hydrogen) atoms. The third-order valence-corrected chi connectivity index (χ3v) is 5.27. The van der Waals surface area contributed by atoms with Gasteiger partial charge in [-0.2, -0.15) is 0 Å². The zero-order chi connectivity index (χ0) is 19.2. The molecule has 1 heterocycles. The number of hydrogen-bond donors (Lipinski definition) is 1. The summed E-state index contributed by atoms with van der Waals surface area (Å²) < 4.78 is 33.3. The van der Waals surface area contributed by atoms with Crippen LogP contribution in [0.5, 0.6) is 5.75 Å². The van der Waals surface area contributed by atoms with E-state index in [1.54, 1.807) is 25.2 Å². The van der Waals surface area contributed by atoms with Crippen LogP contribution in [0.4, 0.5) is 5.69 Å². The van der Waals surface area contributed by atoms with Crippen LogP contribution in [0.1, 0.15) is 30.1 Å². The molecule has 1 aromatic carbocycles. The van der Waals surface area contributed by atoms with Gasteiger partial charge in [-0.25, -0.2) is 8.42 Å². The van der Waals surface area contributed by atoms with Crippen molar-refractivity contribution in [2.45, 2.75) is 24.7 Å². The van der Waals surface area contributed by atoms with Crippen LogP contribution in [0.25, 0.3) is 0 Å². The number of methoxy groups -OCH3 is 1. The molecule has 1 amide bonds. The normalized spacial score (nSPS) is 11.0. The molecule has 7 nitrogen and oxygen atoms in total. The largest absolute Gasteiger partial charge is 0.494 e. The van der Waals surface area contributed by atoms with Crippen molar-refractivity contribution in [3.8, 4) is 5.75 Å². The average Bonchev–Trinajstić information content (AvgIpc) is 2.65. The number of rotatable bonds is 8. The van der Waals surface area contributed by atoms with Gasteiger partial charge in [-0.05, 0) is 18.6 Å². The molecule has 2 rings (SSSR count). The molecule has 0 fully saturated rings. The number of nitrogens with zero attached hydrogens (tertiary/aromatic N) is 2. The number of sulfonamides is 1. The highest BCUT2D eigenvalue weighted by Crippen LogP contribution is 2.26. The monoisotopic (exact) mass is 377 g/mol. The van der Waals surface area contributed by atoms with Gasteiger partial charge in [0.05, 0.1) is 18.9 Å². The Bertz CT molecular complexity index is 868. The first-order valence-corrected chi connectivity index (χ1v) is 9.74. The summed E-state index contributed by atoms with van der Waals surface area (Å²) in [5.41, 5.74) is 0.332. The maximum Gasteiger partial charge on any atom is 0.262 e. The van der Waals surface area contributed by atoms with E-state index in [2.05, 4.69) is 9.71 Å². The molecule has 0 spiro atoms. The van der Waals surface area contributed by atoms with Gasteiger partial charge in [0.25, 0.3) is 15.9 Å². The minimum Gasteiger partial charge on any atom is -0.494 e. The van der Waals surface area contributed by atoms with Gasteiger partial charge in [0.2, 0.25) is 0 Å². The van der Waals surface area contributed by atoms with Gasteiger partial charge in [0.15, 0.2) is 0 Å². The summed E-state index contributed by atoms with van der Waals surface area (Å²) in [5, 5.41) is 0. The van der Waals surface area contributed by atoms with E-state index >= 15 is 0 Å². The van der Waals surface area contributed by atoms with Crippen molar-refractivity contribution in [2.24, 2.45) is 0 Å². The van der Waals surface area contributed by atoms with Crippen LogP contribution in [0.15, 0.2) is 47.6 Å². The molecule has 8 heteroatoms. The lowest BCUT2D eigenvalue weighted by atomic mass is 10.2. The summed E-state index contributed by atoms with van der Waals surface area (Å²) in [7, 11) is -0.890. The highest BCUT2D eigenvalue weighted by molar-refractivity contribution is 7.92. The quantitative estimate of drug-likeness (QED) is 0.764. The number of hydrogen-bond acceptors (Lipinski definition) is 5. The average molecular weight is 377 g/mol. The summed E-state index contributed by atoms with van der Waals surface area (Å²) in [6, 6.07) is 7.70. The summed E-state index contributed by atoms with van der Waals surface area (Å²) in [6.07, 6.45) is 4.65. The molecule has 0 aliphatic heterocycles. The Balaban J connectivity index is 2.37. The van der Waals surface area contributed by atoms with Crippen molar-refractivity contribution in [1.29, 1.82) is 0 Å². The Morgan fingerprint density at radius 3 is 2.69 bits per heavy atom. The topological polar surface area (TPSA) is 88.6 Å². The Morgan fingerprint density at radius 2 is 2.00 bits per heavy atom. The summed E-state index contributed by atoms with van der Waals surface area (Å²) in [4.78, 5) is 18.0. The highest BCUT2D eigenvalue weighted by atomic mass is 32.2. The van der Waals surface area contributed by atoms with E-state index in [4.69, 9.17) is 4.74 Å². The van der Waals surface area contributed by atoms with Gasteiger partial charge in [0, 0.05) is 25.9 Å². The van der Waals surface area contributed by atoms with Gasteiger partial charge in [-0.1, -0.05) is 25.5 Å². The summed E-state index contributed by atoms with van der Waals surface area (Å²) in [6.45, 7) is 2.59. The standard InChI is InChI=1S/C18H23N3O4S/c1-4-5-12-21(2)18(22)14-8-6-7-9-17(14)26(23,24)20-15-13-19-11-10-16(15)25-3/h6-11,13,20H,4-5,12H2,1-3H3. The molecule has 0 radical (unpaired) electrons. The Kier molecular flexibility index (Phi) is 6.57. The number of nitrogens with one attached hydrogen (secondary N) is 1. The fourth-order valence-electron chi connectivity index (χ4n) is 2.42. The van der Waals surface area contributed by atoms with Crippen LogP contribution in [0, 0.1) is 0 Å². The van der Waals surface area contributed by atoms with E-state index < -0.39 is 10.0 Å². The number of unbranched alkanes of at least 4 members (excludes halogenated alkanes) is 1. The van der Waals surface area contributed by atoms with Gasteiger partial charge >= 0.3 is 0 Å². The van der Waals surface area contributed by atoms with Crippen molar-refractivity contribution < 1.29 is 17.9 Å². The number of ether oxygens (including phenoxy) is 1. The minimum atomic E-state index is -3.99. The van der Waals surface area contributed by atoms with Crippen LogP contribution in [0.2, 0.25) is 0 Å². The van der Waals surface area contributed by atoms with E-state index in [0.29, 0.717) is 12.3 Å². The van der Waals surface area contributed by atoms with Crippen molar-refractivity contribution in [1.82, 2.24) is 9.88 Å². The van der Waals surface area contributed by atoms with Crippen molar-refractivity contribution in [3.63, 3.8) is 0 Å². The van der Waals surface area contributed by atoms with Crippen LogP contribution < -0.4 is 9.46 Å². The van der Waals surface area contributed by atoms with Crippen LogP contribution in [-0.4, -0.2) is 44.9 Å². The Labute approximate surface area is 154 Å². The number of carbonyl (C=O) groups is 1. The first-order chi connectivity index (χ1) is 12.4. The molecular weight excluding hydrogens is 354 g/mol. The second-order valence-electron chi connectivity index (χ2n) is 5.76. The van der Waals surface area contributed by atoms with E-state index in [0.717, 1.165) is 12.8 Å². The molecule has 0 unspecified atom stereocenters. The zero-order valence-corrected chi connectivity index (χ0v) is 15.9. The molecule has 0 saturated heterocycles. The fraction of sp³-hybridized carbons (Fsp3) is 0.333. The number of pyridine rings is 1. The number of benzene rings is 1. The molecule has 0 saturated carbocycles. The molecule has 1 aromatic heterocycles. The minimum absolute atomic E-state index is 0.0840. The lowest BCUT2D eigenvalue weighted by Crippen LogP contribution is -2.29. The fourth-order valence-corrected chi connectivity index (χ4v) is 3.67. The highest BCUT2D eigenvalue weighted by Gasteiger charge is 2.25. The zero-order valence-electron chi connectivity index (χ0n) is 15.1. The molecule has 140 valence electrons. The lowest BCUT2D eigenvalue weighted by molar-refractivity contribution is 0.0789. The van der Waals surface area contributed by atoms with Crippen molar-refractivity contribution >= 4 is 21.6 Å². The Hall–Kier alpha value is -2.61. The maximum absolute atomic E-state index is 12.9. The summed E-state index contributed by atoms with van der Waals surface area (Å²) in [5.74, 6) is 0.00465. The Morgan fingerprint density at radius 1 is 1.27 bits per heavy atom. The van der Waals surface area contributed by atoms with Crippen molar-refractivity contribution in [2.75, 3.05) is 25.4 Å². The molecule has 0 atom stereocenters. The predicted molar refractivity (Wildman–Crippen MR) is 99.9 cm³/mol. The number of amides is 1. The van der Waals surface area contributed by atoms with Gasteiger partial charge in [0.1, 0.15) is 16.3 Å². The molecule has 0 bridgehead atoms. The molecule has 1 N–H and O–H groups in total. The first-order valence-electron chi connectivity index (χ1n) is 8.26. The van der Waals surface area contributed by atoms with E-state index in [-0.39, 0.29) is 22.1 Å². The van der Waals surface area contributed by atoms with E-state index in [1.807, 2.05) is 6.92 Å². The predicted octanol–water partition coefficient (Wildman–Crippen LogP) is 2.76. The summed E-state index contributed by atoms with van der Waals surface area (Å²) >= 11 is 0. The molecule has 0 aliphatic carbocycles. The van der Waals surface area contributed by atoms with Gasteiger partial charge < -0.3 is 9.64 Å². The number of anilines is 1. The smallest absolute Gasteiger partial charge is 0.262 e. The third-order valence-electron chi connectivity index (χ3n) is 3.85. The van der Waals surface area contributed by atoms with E-state index in [9.17, 15) is 13.2 Å². The molecule has 0 aliphatic rings. The third kappa shape index (κ3) is 4.51. The molecule has 2 aromatic rings. The SMILES string of the molecule is CCCCN(C)C(=O)c1ccccc1S(=O)(=O)Nc1cnccc1OC. The first kappa shape index (κ1) is 19.7. The second-order valence-corrected chi connectivity index (χ2v) is 7.41. The van der Waals surface area contributed by atoms with Crippen LogP contribution in [0.3, 0.4) is 0 Å². The number of carbonyl (C=O) groups excluding carboxylic acids is 1. The maximum atomic E-state index is 12.9. The van der Waals surface area contributed by atoms with Crippen LogP contribution in [-0.2, 0) is 10.0 Å². The lowest BCUT2D eigenvalue weighted by Gasteiger charge is -2.19. The molecular formula is C18H23N3O4S. The van der Waals surface area contributed by atoms with Gasteiger partial charge in [-0.15, -0.1) is 0 Å². The van der Waals surface area contributed by atoms with Crippen LogP contribution >= 0.6 is 0 Å².